The SMILES string of the molecule is CCNC(CCC1CCCO1)CSc1cccc(Cl)c1. The van der Waals surface area contributed by atoms with E-state index in [1.807, 2.05) is 30.0 Å². The molecule has 112 valence electrons. The quantitative estimate of drug-likeness (QED) is 0.720. The van der Waals surface area contributed by atoms with Crippen molar-refractivity contribution in [1.82, 2.24) is 5.32 Å². The molecule has 0 amide bonds. The van der Waals surface area contributed by atoms with E-state index in [1.165, 1.54) is 30.6 Å². The summed E-state index contributed by atoms with van der Waals surface area (Å²) in [4.78, 5) is 1.25. The van der Waals surface area contributed by atoms with Gasteiger partial charge in [-0.25, -0.2) is 0 Å². The fraction of sp³-hybridized carbons (Fsp3) is 0.625. The first-order valence-corrected chi connectivity index (χ1v) is 8.87. The number of benzene rings is 1. The van der Waals surface area contributed by atoms with E-state index < -0.39 is 0 Å². The van der Waals surface area contributed by atoms with Crippen molar-refractivity contribution >= 4 is 23.4 Å². The van der Waals surface area contributed by atoms with Gasteiger partial charge in [-0.15, -0.1) is 11.8 Å². The van der Waals surface area contributed by atoms with Gasteiger partial charge in [-0.1, -0.05) is 24.6 Å². The van der Waals surface area contributed by atoms with Crippen molar-refractivity contribution in [3.8, 4) is 0 Å². The van der Waals surface area contributed by atoms with Gasteiger partial charge in [0.15, 0.2) is 0 Å². The fourth-order valence-corrected chi connectivity index (χ4v) is 3.86. The Bertz CT molecular complexity index is 396. The zero-order valence-corrected chi connectivity index (χ0v) is 13.7. The molecule has 1 N–H and O–H groups in total. The number of thioether (sulfide) groups is 1. The van der Waals surface area contributed by atoms with Crippen molar-refractivity contribution in [2.24, 2.45) is 0 Å². The van der Waals surface area contributed by atoms with Gasteiger partial charge in [-0.05, 0) is 50.4 Å². The first-order chi connectivity index (χ1) is 9.78. The summed E-state index contributed by atoms with van der Waals surface area (Å²) in [5.74, 6) is 1.08. The maximum atomic E-state index is 6.02. The molecule has 0 aromatic heterocycles. The Morgan fingerprint density at radius 1 is 1.50 bits per heavy atom. The van der Waals surface area contributed by atoms with E-state index in [-0.39, 0.29) is 0 Å². The summed E-state index contributed by atoms with van der Waals surface area (Å²) in [6.45, 7) is 4.14. The van der Waals surface area contributed by atoms with Crippen LogP contribution in [0, 0.1) is 0 Å². The summed E-state index contributed by atoms with van der Waals surface area (Å²) < 4.78 is 5.71. The number of ether oxygens (including phenoxy) is 1. The number of halogens is 1. The molecule has 2 nitrogen and oxygen atoms in total. The minimum Gasteiger partial charge on any atom is -0.378 e. The average Bonchev–Trinajstić information content (AvgIpc) is 2.95. The molecule has 0 spiro atoms. The maximum Gasteiger partial charge on any atom is 0.0576 e. The normalized spacial score (nSPS) is 20.2. The zero-order valence-electron chi connectivity index (χ0n) is 12.1. The maximum absolute atomic E-state index is 6.02. The smallest absolute Gasteiger partial charge is 0.0576 e. The summed E-state index contributed by atoms with van der Waals surface area (Å²) in [5, 5.41) is 4.40. The molecule has 1 aliphatic heterocycles. The lowest BCUT2D eigenvalue weighted by molar-refractivity contribution is 0.100. The lowest BCUT2D eigenvalue weighted by atomic mass is 10.1. The molecule has 4 heteroatoms. The standard InChI is InChI=1S/C16H24ClNOS/c1-2-18-14(8-9-15-6-4-10-19-15)12-20-16-7-3-5-13(17)11-16/h3,5,7,11,14-15,18H,2,4,6,8-10,12H2,1H3. The monoisotopic (exact) mass is 313 g/mol. The molecule has 1 saturated heterocycles. The Hall–Kier alpha value is -0.220. The van der Waals surface area contributed by atoms with Crippen LogP contribution in [0.1, 0.15) is 32.6 Å². The molecule has 0 saturated carbocycles. The van der Waals surface area contributed by atoms with Crippen LogP contribution in [0.15, 0.2) is 29.2 Å². The molecule has 0 bridgehead atoms. The molecular weight excluding hydrogens is 290 g/mol. The summed E-state index contributed by atoms with van der Waals surface area (Å²) in [6.07, 6.45) is 5.32. The molecule has 1 fully saturated rings. The molecule has 1 aromatic carbocycles. The molecule has 2 atom stereocenters. The minimum atomic E-state index is 0.493. The van der Waals surface area contributed by atoms with Gasteiger partial charge in [0.1, 0.15) is 0 Å². The van der Waals surface area contributed by atoms with E-state index >= 15 is 0 Å². The number of hydrogen-bond acceptors (Lipinski definition) is 3. The largest absolute Gasteiger partial charge is 0.378 e. The second-order valence-electron chi connectivity index (χ2n) is 5.24. The molecule has 2 rings (SSSR count). The van der Waals surface area contributed by atoms with E-state index in [2.05, 4.69) is 18.3 Å². The van der Waals surface area contributed by atoms with Crippen molar-refractivity contribution in [2.75, 3.05) is 18.9 Å². The lowest BCUT2D eigenvalue weighted by Crippen LogP contribution is -2.32. The molecule has 20 heavy (non-hydrogen) atoms. The van der Waals surface area contributed by atoms with Crippen molar-refractivity contribution < 1.29 is 4.74 Å². The van der Waals surface area contributed by atoms with Crippen LogP contribution in [0.25, 0.3) is 0 Å². The summed E-state index contributed by atoms with van der Waals surface area (Å²) in [7, 11) is 0. The van der Waals surface area contributed by atoms with Crippen LogP contribution in [0.2, 0.25) is 5.02 Å². The highest BCUT2D eigenvalue weighted by Gasteiger charge is 2.17. The van der Waals surface area contributed by atoms with Gasteiger partial charge in [-0.3, -0.25) is 0 Å². The number of rotatable bonds is 8. The Kier molecular flexibility index (Phi) is 7.22. The Morgan fingerprint density at radius 2 is 2.40 bits per heavy atom. The predicted octanol–water partition coefficient (Wildman–Crippen LogP) is 4.37. The molecule has 0 radical (unpaired) electrons. The highest BCUT2D eigenvalue weighted by atomic mass is 35.5. The number of nitrogens with one attached hydrogen (secondary N) is 1. The van der Waals surface area contributed by atoms with Gasteiger partial charge < -0.3 is 10.1 Å². The van der Waals surface area contributed by atoms with Gasteiger partial charge >= 0.3 is 0 Å². The van der Waals surface area contributed by atoms with E-state index in [0.29, 0.717) is 12.1 Å². The van der Waals surface area contributed by atoms with Crippen LogP contribution in [-0.4, -0.2) is 31.1 Å². The summed E-state index contributed by atoms with van der Waals surface area (Å²) >= 11 is 7.90. The van der Waals surface area contributed by atoms with E-state index in [0.717, 1.165) is 23.9 Å². The molecule has 0 aliphatic carbocycles. The second kappa shape index (κ2) is 8.93. The van der Waals surface area contributed by atoms with Crippen molar-refractivity contribution in [2.45, 2.75) is 49.6 Å². The predicted molar refractivity (Wildman–Crippen MR) is 87.8 cm³/mol. The lowest BCUT2D eigenvalue weighted by Gasteiger charge is -2.19. The van der Waals surface area contributed by atoms with Crippen LogP contribution in [0.3, 0.4) is 0 Å². The van der Waals surface area contributed by atoms with Crippen LogP contribution >= 0.6 is 23.4 Å². The average molecular weight is 314 g/mol. The number of hydrogen-bond donors (Lipinski definition) is 1. The highest BCUT2D eigenvalue weighted by molar-refractivity contribution is 7.99. The topological polar surface area (TPSA) is 21.3 Å². The fourth-order valence-electron chi connectivity index (χ4n) is 2.55. The van der Waals surface area contributed by atoms with Crippen LogP contribution in [0.4, 0.5) is 0 Å². The first kappa shape index (κ1) is 16.2. The third-order valence-corrected chi connectivity index (χ3v) is 4.99. The van der Waals surface area contributed by atoms with Crippen molar-refractivity contribution in [1.29, 1.82) is 0 Å². The Balaban J connectivity index is 1.75. The van der Waals surface area contributed by atoms with Crippen LogP contribution in [-0.2, 0) is 4.74 Å². The minimum absolute atomic E-state index is 0.493. The van der Waals surface area contributed by atoms with Crippen molar-refractivity contribution in [3.05, 3.63) is 29.3 Å². The van der Waals surface area contributed by atoms with Crippen molar-refractivity contribution in [3.63, 3.8) is 0 Å². The molecular formula is C16H24ClNOS. The van der Waals surface area contributed by atoms with Gasteiger partial charge in [0.25, 0.3) is 0 Å². The van der Waals surface area contributed by atoms with Gasteiger partial charge in [-0.2, -0.15) is 0 Å². The Morgan fingerprint density at radius 3 is 3.10 bits per heavy atom. The molecule has 1 aromatic rings. The summed E-state index contributed by atoms with van der Waals surface area (Å²) in [6, 6.07) is 8.65. The van der Waals surface area contributed by atoms with Gasteiger partial charge in [0, 0.05) is 28.3 Å². The third kappa shape index (κ3) is 5.65. The highest BCUT2D eigenvalue weighted by Crippen LogP contribution is 2.24. The zero-order chi connectivity index (χ0) is 14.2. The second-order valence-corrected chi connectivity index (χ2v) is 6.77. The van der Waals surface area contributed by atoms with Gasteiger partial charge in [0.05, 0.1) is 6.10 Å². The molecule has 1 aliphatic rings. The van der Waals surface area contributed by atoms with E-state index in [4.69, 9.17) is 16.3 Å². The molecule has 2 unspecified atom stereocenters. The summed E-state index contributed by atoms with van der Waals surface area (Å²) in [5.41, 5.74) is 0. The van der Waals surface area contributed by atoms with Gasteiger partial charge in [0.2, 0.25) is 0 Å². The van der Waals surface area contributed by atoms with E-state index in [9.17, 15) is 0 Å². The van der Waals surface area contributed by atoms with E-state index in [1.54, 1.807) is 0 Å². The van der Waals surface area contributed by atoms with Crippen LogP contribution < -0.4 is 5.32 Å². The molecule has 1 heterocycles. The van der Waals surface area contributed by atoms with Crippen LogP contribution in [0.5, 0.6) is 0 Å². The first-order valence-electron chi connectivity index (χ1n) is 7.51. The third-order valence-electron chi connectivity index (χ3n) is 3.60. The Labute approximate surface area is 131 Å².